The summed E-state index contributed by atoms with van der Waals surface area (Å²) in [5, 5.41) is 21.7. The number of carboxylic acid groups (broad SMARTS) is 1. The minimum absolute atomic E-state index is 0.00522. The summed E-state index contributed by atoms with van der Waals surface area (Å²) in [6.07, 6.45) is 5.40. The molecule has 0 amide bonds. The zero-order chi connectivity index (χ0) is 14.5. The standard InChI is InChI=1S/C12H17N5O2S/c1-3-10-14-15-12(20-8-11(18)19)17(10)5-4-9-6-13-16(2)7-9/h6-7H,3-5,8H2,1-2H3,(H,18,19). The maximum atomic E-state index is 10.7. The summed E-state index contributed by atoms with van der Waals surface area (Å²) in [7, 11) is 1.88. The van der Waals surface area contributed by atoms with Gasteiger partial charge in [-0.15, -0.1) is 10.2 Å². The van der Waals surface area contributed by atoms with Crippen LogP contribution in [-0.4, -0.2) is 41.4 Å². The second kappa shape index (κ2) is 6.56. The molecule has 0 saturated carbocycles. The van der Waals surface area contributed by atoms with Crippen molar-refractivity contribution >= 4 is 17.7 Å². The summed E-state index contributed by atoms with van der Waals surface area (Å²) in [6.45, 7) is 2.74. The molecule has 0 aromatic carbocycles. The normalized spacial score (nSPS) is 10.9. The van der Waals surface area contributed by atoms with Gasteiger partial charge in [0.1, 0.15) is 5.82 Å². The van der Waals surface area contributed by atoms with Gasteiger partial charge in [-0.3, -0.25) is 9.48 Å². The van der Waals surface area contributed by atoms with Gasteiger partial charge in [-0.05, 0) is 12.0 Å². The molecule has 0 radical (unpaired) electrons. The molecule has 0 aliphatic carbocycles. The molecule has 108 valence electrons. The van der Waals surface area contributed by atoms with Crippen LogP contribution in [-0.2, 0) is 31.2 Å². The van der Waals surface area contributed by atoms with E-state index in [-0.39, 0.29) is 5.75 Å². The summed E-state index contributed by atoms with van der Waals surface area (Å²) in [6, 6.07) is 0. The Morgan fingerprint density at radius 2 is 2.25 bits per heavy atom. The van der Waals surface area contributed by atoms with Crippen LogP contribution in [0.5, 0.6) is 0 Å². The first-order valence-corrected chi connectivity index (χ1v) is 7.33. The lowest BCUT2D eigenvalue weighted by Gasteiger charge is -2.07. The summed E-state index contributed by atoms with van der Waals surface area (Å²) in [5.74, 6) is 0.0194. The van der Waals surface area contributed by atoms with Crippen LogP contribution in [0.3, 0.4) is 0 Å². The van der Waals surface area contributed by atoms with E-state index in [0.717, 1.165) is 30.8 Å². The Kier molecular flexibility index (Phi) is 4.78. The number of aromatic nitrogens is 5. The number of carbonyl (C=O) groups is 1. The molecule has 0 unspecified atom stereocenters. The molecular formula is C12H17N5O2S. The molecule has 0 aliphatic heterocycles. The fourth-order valence-electron chi connectivity index (χ4n) is 1.88. The van der Waals surface area contributed by atoms with Crippen molar-refractivity contribution < 1.29 is 9.90 Å². The molecule has 0 bridgehead atoms. The summed E-state index contributed by atoms with van der Waals surface area (Å²) >= 11 is 1.20. The fourth-order valence-corrected chi connectivity index (χ4v) is 2.58. The Morgan fingerprint density at radius 3 is 2.85 bits per heavy atom. The Morgan fingerprint density at radius 1 is 1.45 bits per heavy atom. The summed E-state index contributed by atoms with van der Waals surface area (Å²) in [5.41, 5.74) is 1.14. The lowest BCUT2D eigenvalue weighted by Crippen LogP contribution is -2.08. The molecule has 2 aromatic rings. The summed E-state index contributed by atoms with van der Waals surface area (Å²) in [4.78, 5) is 10.7. The lowest BCUT2D eigenvalue weighted by atomic mass is 10.2. The number of hydrogen-bond acceptors (Lipinski definition) is 5. The van der Waals surface area contributed by atoms with Gasteiger partial charge in [-0.25, -0.2) is 0 Å². The van der Waals surface area contributed by atoms with E-state index in [2.05, 4.69) is 15.3 Å². The lowest BCUT2D eigenvalue weighted by molar-refractivity contribution is -0.133. The number of carboxylic acids is 1. The van der Waals surface area contributed by atoms with E-state index < -0.39 is 5.97 Å². The molecule has 0 atom stereocenters. The fraction of sp³-hybridized carbons (Fsp3) is 0.500. The number of hydrogen-bond donors (Lipinski definition) is 1. The van der Waals surface area contributed by atoms with Crippen molar-refractivity contribution in [2.75, 3.05) is 5.75 Å². The largest absolute Gasteiger partial charge is 0.481 e. The van der Waals surface area contributed by atoms with Crippen LogP contribution in [0.4, 0.5) is 0 Å². The molecule has 20 heavy (non-hydrogen) atoms. The molecule has 2 heterocycles. The van der Waals surface area contributed by atoms with Gasteiger partial charge in [0.05, 0.1) is 11.9 Å². The van der Waals surface area contributed by atoms with Crippen LogP contribution >= 0.6 is 11.8 Å². The van der Waals surface area contributed by atoms with Gasteiger partial charge >= 0.3 is 5.97 Å². The van der Waals surface area contributed by atoms with E-state index in [4.69, 9.17) is 5.11 Å². The van der Waals surface area contributed by atoms with Crippen LogP contribution in [0.25, 0.3) is 0 Å². The first-order valence-electron chi connectivity index (χ1n) is 6.34. The minimum atomic E-state index is -0.852. The van der Waals surface area contributed by atoms with Crippen LogP contribution < -0.4 is 0 Å². The van der Waals surface area contributed by atoms with E-state index >= 15 is 0 Å². The number of aryl methyl sites for hydroxylation is 3. The molecule has 7 nitrogen and oxygen atoms in total. The van der Waals surface area contributed by atoms with Crippen molar-refractivity contribution in [3.05, 3.63) is 23.8 Å². The molecule has 1 N–H and O–H groups in total. The minimum Gasteiger partial charge on any atom is -0.481 e. The number of aliphatic carboxylic acids is 1. The number of thioether (sulfide) groups is 1. The van der Waals surface area contributed by atoms with Gasteiger partial charge in [0.2, 0.25) is 0 Å². The summed E-state index contributed by atoms with van der Waals surface area (Å²) < 4.78 is 3.75. The van der Waals surface area contributed by atoms with Gasteiger partial charge in [-0.2, -0.15) is 5.10 Å². The van der Waals surface area contributed by atoms with Crippen LogP contribution in [0.2, 0.25) is 0 Å². The van der Waals surface area contributed by atoms with Crippen LogP contribution in [0.1, 0.15) is 18.3 Å². The first-order chi connectivity index (χ1) is 9.60. The third kappa shape index (κ3) is 3.60. The predicted molar refractivity (Wildman–Crippen MR) is 74.7 cm³/mol. The van der Waals surface area contributed by atoms with E-state index in [1.165, 1.54) is 11.8 Å². The molecule has 0 spiro atoms. The maximum Gasteiger partial charge on any atom is 0.313 e. The highest BCUT2D eigenvalue weighted by molar-refractivity contribution is 7.99. The third-order valence-electron chi connectivity index (χ3n) is 2.82. The Hall–Kier alpha value is -1.83. The number of nitrogens with zero attached hydrogens (tertiary/aromatic N) is 5. The molecule has 0 aliphatic rings. The van der Waals surface area contributed by atoms with Crippen molar-refractivity contribution in [1.82, 2.24) is 24.5 Å². The van der Waals surface area contributed by atoms with Gasteiger partial charge in [0.25, 0.3) is 0 Å². The first kappa shape index (κ1) is 14.6. The van der Waals surface area contributed by atoms with Crippen molar-refractivity contribution in [2.45, 2.75) is 31.5 Å². The Labute approximate surface area is 121 Å². The van der Waals surface area contributed by atoms with Crippen molar-refractivity contribution in [2.24, 2.45) is 7.05 Å². The van der Waals surface area contributed by atoms with Crippen molar-refractivity contribution in [3.8, 4) is 0 Å². The maximum absolute atomic E-state index is 10.7. The smallest absolute Gasteiger partial charge is 0.313 e. The van der Waals surface area contributed by atoms with E-state index in [9.17, 15) is 4.79 Å². The predicted octanol–water partition coefficient (Wildman–Crippen LogP) is 0.993. The number of rotatable bonds is 7. The van der Waals surface area contributed by atoms with Gasteiger partial charge < -0.3 is 9.67 Å². The molecule has 0 saturated heterocycles. The molecule has 8 heteroatoms. The highest BCUT2D eigenvalue weighted by Crippen LogP contribution is 2.18. The zero-order valence-electron chi connectivity index (χ0n) is 11.5. The average Bonchev–Trinajstić information content (AvgIpc) is 2.99. The Bertz CT molecular complexity index is 592. The van der Waals surface area contributed by atoms with Crippen LogP contribution in [0, 0.1) is 0 Å². The van der Waals surface area contributed by atoms with Gasteiger partial charge in [0.15, 0.2) is 5.16 Å². The zero-order valence-corrected chi connectivity index (χ0v) is 12.3. The highest BCUT2D eigenvalue weighted by Gasteiger charge is 2.13. The van der Waals surface area contributed by atoms with Gasteiger partial charge in [-0.1, -0.05) is 18.7 Å². The second-order valence-corrected chi connectivity index (χ2v) is 5.30. The van der Waals surface area contributed by atoms with E-state index in [1.807, 2.05) is 30.9 Å². The molecular weight excluding hydrogens is 278 g/mol. The molecule has 0 fully saturated rings. The molecule has 2 aromatic heterocycles. The average molecular weight is 295 g/mol. The second-order valence-electron chi connectivity index (χ2n) is 4.36. The third-order valence-corrected chi connectivity index (χ3v) is 3.77. The van der Waals surface area contributed by atoms with Crippen LogP contribution in [0.15, 0.2) is 17.6 Å². The SMILES string of the molecule is CCc1nnc(SCC(=O)O)n1CCc1cnn(C)c1. The van der Waals surface area contributed by atoms with Crippen molar-refractivity contribution in [1.29, 1.82) is 0 Å². The van der Waals surface area contributed by atoms with E-state index in [0.29, 0.717) is 5.16 Å². The highest BCUT2D eigenvalue weighted by atomic mass is 32.2. The van der Waals surface area contributed by atoms with Crippen molar-refractivity contribution in [3.63, 3.8) is 0 Å². The van der Waals surface area contributed by atoms with E-state index in [1.54, 1.807) is 4.68 Å². The quantitative estimate of drug-likeness (QED) is 0.767. The Balaban J connectivity index is 2.07. The molecule has 2 rings (SSSR count). The topological polar surface area (TPSA) is 85.8 Å². The van der Waals surface area contributed by atoms with Gasteiger partial charge in [0, 0.05) is 26.2 Å². The monoisotopic (exact) mass is 295 g/mol.